The summed E-state index contributed by atoms with van der Waals surface area (Å²) in [5, 5.41) is 41.9. The predicted octanol–water partition coefficient (Wildman–Crippen LogP) is -1.59. The molecule has 0 unspecified atom stereocenters. The van der Waals surface area contributed by atoms with E-state index in [9.17, 15) is 28.9 Å². The van der Waals surface area contributed by atoms with Gasteiger partial charge < -0.3 is 20.1 Å². The van der Waals surface area contributed by atoms with E-state index in [2.05, 4.69) is 21.3 Å². The Labute approximate surface area is 222 Å². The van der Waals surface area contributed by atoms with Crippen molar-refractivity contribution >= 4 is 17.1 Å². The molecule has 3 aromatic rings. The summed E-state index contributed by atoms with van der Waals surface area (Å²) in [6.07, 6.45) is -0.585. The number of carboxylic acid groups (broad SMARTS) is 1. The molecule has 0 fully saturated rings. The second-order valence-corrected chi connectivity index (χ2v) is 7.44. The van der Waals surface area contributed by atoms with Crippen molar-refractivity contribution in [2.75, 3.05) is 0 Å². The van der Waals surface area contributed by atoms with E-state index in [0.717, 1.165) is 0 Å². The molecular weight excluding hydrogens is 469 g/mol. The Morgan fingerprint density at radius 2 is 1.63 bits per heavy atom. The first-order chi connectivity index (χ1) is 16.2. The number of aliphatic carboxylic acids is 1. The van der Waals surface area contributed by atoms with Gasteiger partial charge in [-0.2, -0.15) is 0 Å². The first-order valence-corrected chi connectivity index (χ1v) is 10.2. The number of aromatic nitrogens is 4. The van der Waals surface area contributed by atoms with Crippen molar-refractivity contribution in [2.45, 2.75) is 25.0 Å². The molecular formula is C24H21F2N4NaO4. The predicted molar refractivity (Wildman–Crippen MR) is 116 cm³/mol. The number of hydrogen-bond acceptors (Lipinski definition) is 7. The Morgan fingerprint density at radius 1 is 1.09 bits per heavy atom. The van der Waals surface area contributed by atoms with Crippen LogP contribution in [0.1, 0.15) is 29.8 Å². The maximum atomic E-state index is 13.6. The Balaban J connectivity index is 0.00000432. The summed E-state index contributed by atoms with van der Waals surface area (Å²) in [7, 11) is 1.62. The zero-order valence-electron chi connectivity index (χ0n) is 19.1. The van der Waals surface area contributed by atoms with Crippen LogP contribution in [-0.2, 0) is 11.8 Å². The number of tetrazole rings is 1. The van der Waals surface area contributed by atoms with Gasteiger partial charge in [0.05, 0.1) is 12.2 Å². The molecule has 35 heavy (non-hydrogen) atoms. The number of allylic oxidation sites excluding steroid dienone is 1. The largest absolute Gasteiger partial charge is 1.00 e. The van der Waals surface area contributed by atoms with E-state index in [1.165, 1.54) is 41.1 Å². The fourth-order valence-electron chi connectivity index (χ4n) is 3.28. The average Bonchev–Trinajstić information content (AvgIpc) is 3.20. The van der Waals surface area contributed by atoms with Crippen LogP contribution in [0.5, 0.6) is 0 Å². The smallest absolute Gasteiger partial charge is 0.550 e. The van der Waals surface area contributed by atoms with Crippen molar-refractivity contribution in [3.8, 4) is 0 Å². The molecule has 2 atom stereocenters. The van der Waals surface area contributed by atoms with Gasteiger partial charge in [0.2, 0.25) is 0 Å². The maximum Gasteiger partial charge on any atom is 1.00 e. The first-order valence-electron chi connectivity index (χ1n) is 10.2. The van der Waals surface area contributed by atoms with Crippen LogP contribution in [-0.4, -0.2) is 48.6 Å². The molecule has 1 heterocycles. The molecule has 0 amide bonds. The number of aliphatic hydroxyl groups is 2. The van der Waals surface area contributed by atoms with Crippen molar-refractivity contribution in [2.24, 2.45) is 7.05 Å². The standard InChI is InChI=1S/C24H22F2N4O4.Na/c1-30-24(27-28-29-30)21(4-2-3-19(31)13-20(32)14-22(33)34)23(15-5-9-17(25)10-6-15)16-7-11-18(26)12-8-16;/h3-12,19-20,31-32H,13-14H2,1H3,(H,33,34);/q;+1/p-1/t2?,19-,20-;/m1./s1. The maximum absolute atomic E-state index is 13.6. The van der Waals surface area contributed by atoms with E-state index in [1.54, 1.807) is 31.3 Å². The van der Waals surface area contributed by atoms with Crippen LogP contribution >= 0.6 is 0 Å². The van der Waals surface area contributed by atoms with Crippen molar-refractivity contribution in [1.29, 1.82) is 0 Å². The fraction of sp³-hybridized carbons (Fsp3) is 0.208. The Bertz CT molecular complexity index is 1190. The van der Waals surface area contributed by atoms with Gasteiger partial charge in [-0.15, -0.1) is 10.8 Å². The van der Waals surface area contributed by atoms with Crippen LogP contribution in [0.25, 0.3) is 11.1 Å². The van der Waals surface area contributed by atoms with Gasteiger partial charge >= 0.3 is 29.6 Å². The number of benzene rings is 2. The van der Waals surface area contributed by atoms with E-state index >= 15 is 0 Å². The Kier molecular flexibility index (Phi) is 10.7. The number of halogens is 2. The summed E-state index contributed by atoms with van der Waals surface area (Å²) < 4.78 is 28.6. The van der Waals surface area contributed by atoms with E-state index in [4.69, 9.17) is 0 Å². The van der Waals surface area contributed by atoms with Gasteiger partial charge in [0.1, 0.15) is 11.6 Å². The molecule has 0 aliphatic rings. The minimum atomic E-state index is -1.43. The summed E-state index contributed by atoms with van der Waals surface area (Å²) >= 11 is 0. The van der Waals surface area contributed by atoms with Gasteiger partial charge in [0.15, 0.2) is 5.82 Å². The normalized spacial score (nSPS) is 12.0. The zero-order chi connectivity index (χ0) is 24.7. The van der Waals surface area contributed by atoms with Crippen LogP contribution in [0, 0.1) is 11.6 Å². The molecule has 176 valence electrons. The number of rotatable bonds is 9. The summed E-state index contributed by atoms with van der Waals surface area (Å²) in [4.78, 5) is 10.6. The Hall–Kier alpha value is -2.98. The van der Waals surface area contributed by atoms with E-state index in [1.807, 2.05) is 0 Å². The molecule has 0 radical (unpaired) electrons. The molecule has 1 aromatic heterocycles. The summed E-state index contributed by atoms with van der Waals surface area (Å²) in [6, 6.07) is 11.4. The van der Waals surface area contributed by atoms with Crippen molar-refractivity contribution in [1.82, 2.24) is 20.2 Å². The van der Waals surface area contributed by atoms with Crippen molar-refractivity contribution < 1.29 is 58.5 Å². The number of carboxylic acids is 1. The third-order valence-electron chi connectivity index (χ3n) is 4.83. The monoisotopic (exact) mass is 490 g/mol. The molecule has 0 saturated heterocycles. The van der Waals surface area contributed by atoms with Gasteiger partial charge in [-0.3, -0.25) is 0 Å². The molecule has 0 aliphatic carbocycles. The van der Waals surface area contributed by atoms with Crippen LogP contribution in [0.4, 0.5) is 8.78 Å². The summed E-state index contributed by atoms with van der Waals surface area (Å²) in [6.45, 7) is 0. The summed E-state index contributed by atoms with van der Waals surface area (Å²) in [5.41, 5.74) is 4.98. The van der Waals surface area contributed by atoms with E-state index in [-0.39, 0.29) is 36.0 Å². The number of carbonyl (C=O) groups is 1. The minimum Gasteiger partial charge on any atom is -0.550 e. The second kappa shape index (κ2) is 13.2. The SMILES string of the molecule is Cn1nnnc1C(C=C=C[C@@H](O)C[C@@H](O)CC(=O)[O-])=C(c1ccc(F)cc1)c1ccc(F)cc1.[Na+]. The van der Waals surface area contributed by atoms with Crippen LogP contribution < -0.4 is 34.7 Å². The number of nitrogens with zero attached hydrogens (tertiary/aromatic N) is 4. The quantitative estimate of drug-likeness (QED) is 0.211. The molecule has 3 rings (SSSR count). The van der Waals surface area contributed by atoms with Gasteiger partial charge in [0, 0.05) is 37.0 Å². The van der Waals surface area contributed by atoms with Gasteiger partial charge in [-0.25, -0.2) is 13.5 Å². The van der Waals surface area contributed by atoms with E-state index < -0.39 is 36.2 Å². The van der Waals surface area contributed by atoms with Gasteiger partial charge in [0.25, 0.3) is 0 Å². The number of hydrogen-bond donors (Lipinski definition) is 2. The molecule has 8 nitrogen and oxygen atoms in total. The van der Waals surface area contributed by atoms with Gasteiger partial charge in [-0.1, -0.05) is 24.3 Å². The number of aryl methyl sites for hydroxylation is 1. The molecule has 0 bridgehead atoms. The zero-order valence-corrected chi connectivity index (χ0v) is 21.1. The molecule has 2 aromatic carbocycles. The van der Waals surface area contributed by atoms with Crippen molar-refractivity contribution in [3.63, 3.8) is 0 Å². The topological polar surface area (TPSA) is 124 Å². The number of carbonyl (C=O) groups excluding carboxylic acids is 1. The van der Waals surface area contributed by atoms with Gasteiger partial charge in [-0.05, 0) is 58.0 Å². The first kappa shape index (κ1) is 28.3. The second-order valence-electron chi connectivity index (χ2n) is 7.44. The minimum absolute atomic E-state index is 0. The fourth-order valence-corrected chi connectivity index (χ4v) is 3.28. The molecule has 2 N–H and O–H groups in total. The van der Waals surface area contributed by atoms with Crippen LogP contribution in [0.15, 0.2) is 66.4 Å². The molecule has 0 spiro atoms. The molecule has 0 aliphatic heterocycles. The van der Waals surface area contributed by atoms with Crippen molar-refractivity contribution in [3.05, 3.63) is 95.0 Å². The van der Waals surface area contributed by atoms with Crippen LogP contribution in [0.2, 0.25) is 0 Å². The summed E-state index contributed by atoms with van der Waals surface area (Å²) in [5.74, 6) is -1.98. The molecule has 0 saturated carbocycles. The molecule has 11 heteroatoms. The van der Waals surface area contributed by atoms with E-state index in [0.29, 0.717) is 28.1 Å². The third-order valence-corrected chi connectivity index (χ3v) is 4.83. The third kappa shape index (κ3) is 8.03. The number of aliphatic hydroxyl groups excluding tert-OH is 2. The Morgan fingerprint density at radius 3 is 2.09 bits per heavy atom. The average molecular weight is 490 g/mol. The van der Waals surface area contributed by atoms with Crippen LogP contribution in [0.3, 0.4) is 0 Å².